The molecule has 0 spiro atoms. The second-order valence-electron chi connectivity index (χ2n) is 9.64. The van der Waals surface area contributed by atoms with Crippen molar-refractivity contribution in [1.82, 2.24) is 0 Å². The fourth-order valence-electron chi connectivity index (χ4n) is 3.06. The standard InChI is InChI=1S/C24H32O4S/c1-23(2,3)20-12-18(13-21(14-20)24(4,5)6)16-29(26,27)15-17-8-10-19(11-9-17)22(25)28-7/h8-14H,15-16H2,1-7H3. The number of carbonyl (C=O) groups excluding carboxylic acids is 1. The van der Waals surface area contributed by atoms with Crippen molar-refractivity contribution in [2.45, 2.75) is 63.9 Å². The van der Waals surface area contributed by atoms with Crippen LogP contribution in [0.3, 0.4) is 0 Å². The van der Waals surface area contributed by atoms with Gasteiger partial charge in [-0.25, -0.2) is 13.2 Å². The second-order valence-corrected chi connectivity index (χ2v) is 11.7. The van der Waals surface area contributed by atoms with Crippen molar-refractivity contribution in [3.63, 3.8) is 0 Å². The Bertz CT molecular complexity index is 941. The number of benzene rings is 2. The number of rotatable bonds is 5. The van der Waals surface area contributed by atoms with Gasteiger partial charge in [0.25, 0.3) is 0 Å². The zero-order valence-electron chi connectivity index (χ0n) is 18.5. The minimum Gasteiger partial charge on any atom is -0.465 e. The summed E-state index contributed by atoms with van der Waals surface area (Å²) in [5.74, 6) is -0.522. The first-order valence-electron chi connectivity index (χ1n) is 9.74. The molecule has 0 bridgehead atoms. The minimum atomic E-state index is -3.37. The van der Waals surface area contributed by atoms with E-state index in [-0.39, 0.29) is 22.3 Å². The maximum Gasteiger partial charge on any atom is 0.337 e. The summed E-state index contributed by atoms with van der Waals surface area (Å²) in [7, 11) is -2.05. The van der Waals surface area contributed by atoms with Crippen LogP contribution in [0.2, 0.25) is 0 Å². The number of ether oxygens (including phenoxy) is 1. The van der Waals surface area contributed by atoms with E-state index in [1.54, 1.807) is 24.3 Å². The van der Waals surface area contributed by atoms with Crippen molar-refractivity contribution < 1.29 is 17.9 Å². The summed E-state index contributed by atoms with van der Waals surface area (Å²) < 4.78 is 30.4. The van der Waals surface area contributed by atoms with Gasteiger partial charge in [0.2, 0.25) is 0 Å². The Kier molecular flexibility index (Phi) is 6.63. The molecule has 0 atom stereocenters. The van der Waals surface area contributed by atoms with Gasteiger partial charge >= 0.3 is 5.97 Å². The lowest BCUT2D eigenvalue weighted by Crippen LogP contribution is -2.18. The van der Waals surface area contributed by atoms with Gasteiger partial charge in [-0.15, -0.1) is 0 Å². The van der Waals surface area contributed by atoms with E-state index in [1.165, 1.54) is 7.11 Å². The third-order valence-electron chi connectivity index (χ3n) is 4.87. The van der Waals surface area contributed by atoms with Crippen molar-refractivity contribution in [2.75, 3.05) is 7.11 Å². The molecular weight excluding hydrogens is 384 g/mol. The zero-order chi connectivity index (χ0) is 22.0. The van der Waals surface area contributed by atoms with Gasteiger partial charge in [-0.05, 0) is 45.2 Å². The molecule has 0 aliphatic rings. The van der Waals surface area contributed by atoms with Gasteiger partial charge < -0.3 is 4.74 Å². The van der Waals surface area contributed by atoms with E-state index in [0.29, 0.717) is 11.1 Å². The van der Waals surface area contributed by atoms with Crippen LogP contribution in [0.4, 0.5) is 0 Å². The van der Waals surface area contributed by atoms with Gasteiger partial charge in [0.15, 0.2) is 9.84 Å². The van der Waals surface area contributed by atoms with E-state index in [1.807, 2.05) is 12.1 Å². The lowest BCUT2D eigenvalue weighted by molar-refractivity contribution is 0.0600. The Morgan fingerprint density at radius 3 is 1.66 bits per heavy atom. The molecule has 0 unspecified atom stereocenters. The first kappa shape index (κ1) is 23.1. The summed E-state index contributed by atoms with van der Waals surface area (Å²) >= 11 is 0. The van der Waals surface area contributed by atoms with Crippen LogP contribution >= 0.6 is 0 Å². The fraction of sp³-hybridized carbons (Fsp3) is 0.458. The molecule has 0 aliphatic carbocycles. The van der Waals surface area contributed by atoms with Gasteiger partial charge in [0.1, 0.15) is 0 Å². The SMILES string of the molecule is COC(=O)c1ccc(CS(=O)(=O)Cc2cc(C(C)(C)C)cc(C(C)(C)C)c2)cc1. The number of esters is 1. The van der Waals surface area contributed by atoms with E-state index in [4.69, 9.17) is 0 Å². The van der Waals surface area contributed by atoms with Crippen LogP contribution in [-0.2, 0) is 36.9 Å². The Morgan fingerprint density at radius 1 is 0.793 bits per heavy atom. The summed E-state index contributed by atoms with van der Waals surface area (Å²) in [5, 5.41) is 0. The van der Waals surface area contributed by atoms with E-state index in [0.717, 1.165) is 16.7 Å². The normalized spacial score (nSPS) is 12.7. The van der Waals surface area contributed by atoms with Crippen molar-refractivity contribution in [2.24, 2.45) is 0 Å². The molecule has 29 heavy (non-hydrogen) atoms. The molecule has 4 nitrogen and oxygen atoms in total. The molecule has 2 aromatic rings. The Labute approximate surface area is 175 Å². The van der Waals surface area contributed by atoms with Gasteiger partial charge in [-0.2, -0.15) is 0 Å². The number of sulfone groups is 1. The van der Waals surface area contributed by atoms with Crippen LogP contribution in [0.5, 0.6) is 0 Å². The molecule has 0 saturated heterocycles. The molecule has 158 valence electrons. The van der Waals surface area contributed by atoms with Gasteiger partial charge in [-0.3, -0.25) is 0 Å². The maximum absolute atomic E-state index is 12.9. The number of carbonyl (C=O) groups is 1. The van der Waals surface area contributed by atoms with Gasteiger partial charge in [-0.1, -0.05) is 71.9 Å². The molecule has 5 heteroatoms. The largest absolute Gasteiger partial charge is 0.465 e. The minimum absolute atomic E-state index is 0.0151. The highest BCUT2D eigenvalue weighted by atomic mass is 32.2. The van der Waals surface area contributed by atoms with Crippen molar-refractivity contribution in [1.29, 1.82) is 0 Å². The van der Waals surface area contributed by atoms with Crippen LogP contribution in [0.1, 0.15) is 74.2 Å². The molecule has 0 saturated carbocycles. The molecular formula is C24H32O4S. The zero-order valence-corrected chi connectivity index (χ0v) is 19.3. The predicted octanol–water partition coefficient (Wildman–Crippen LogP) is 5.18. The quantitative estimate of drug-likeness (QED) is 0.630. The van der Waals surface area contributed by atoms with Crippen molar-refractivity contribution in [3.05, 3.63) is 70.3 Å². The molecule has 0 radical (unpaired) electrons. The molecule has 0 heterocycles. The highest BCUT2D eigenvalue weighted by molar-refractivity contribution is 7.89. The van der Waals surface area contributed by atoms with E-state index in [9.17, 15) is 13.2 Å². The van der Waals surface area contributed by atoms with E-state index in [2.05, 4.69) is 52.3 Å². The van der Waals surface area contributed by atoms with Crippen molar-refractivity contribution >= 4 is 15.8 Å². The monoisotopic (exact) mass is 416 g/mol. The Hall–Kier alpha value is -2.14. The average Bonchev–Trinajstić information content (AvgIpc) is 2.59. The summed E-state index contributed by atoms with van der Waals surface area (Å²) in [6, 6.07) is 12.7. The number of methoxy groups -OCH3 is 1. The molecule has 2 aromatic carbocycles. The first-order valence-corrected chi connectivity index (χ1v) is 11.6. The predicted molar refractivity (Wildman–Crippen MR) is 118 cm³/mol. The van der Waals surface area contributed by atoms with Gasteiger partial charge in [0, 0.05) is 0 Å². The Balaban J connectivity index is 2.30. The summed E-state index contributed by atoms with van der Waals surface area (Å²) in [5.41, 5.74) is 4.01. The summed E-state index contributed by atoms with van der Waals surface area (Å²) in [6.07, 6.45) is 0. The summed E-state index contributed by atoms with van der Waals surface area (Å²) in [4.78, 5) is 11.5. The number of hydrogen-bond acceptors (Lipinski definition) is 4. The highest BCUT2D eigenvalue weighted by Crippen LogP contribution is 2.31. The topological polar surface area (TPSA) is 60.4 Å². The second kappa shape index (κ2) is 8.31. The average molecular weight is 417 g/mol. The fourth-order valence-corrected chi connectivity index (χ4v) is 4.53. The van der Waals surface area contributed by atoms with Gasteiger partial charge in [0.05, 0.1) is 24.2 Å². The molecule has 0 aromatic heterocycles. The van der Waals surface area contributed by atoms with E-state index < -0.39 is 15.8 Å². The maximum atomic E-state index is 12.9. The van der Waals surface area contributed by atoms with Crippen LogP contribution in [0.25, 0.3) is 0 Å². The van der Waals surface area contributed by atoms with Crippen LogP contribution in [0.15, 0.2) is 42.5 Å². The molecule has 0 fully saturated rings. The van der Waals surface area contributed by atoms with E-state index >= 15 is 0 Å². The molecule has 2 rings (SSSR count). The highest BCUT2D eigenvalue weighted by Gasteiger charge is 2.22. The first-order chi connectivity index (χ1) is 13.2. The van der Waals surface area contributed by atoms with Crippen molar-refractivity contribution in [3.8, 4) is 0 Å². The molecule has 0 aliphatic heterocycles. The lowest BCUT2D eigenvalue weighted by atomic mass is 9.80. The third-order valence-corrected chi connectivity index (χ3v) is 6.42. The van der Waals surface area contributed by atoms with Crippen LogP contribution in [0, 0.1) is 0 Å². The Morgan fingerprint density at radius 2 is 1.24 bits per heavy atom. The smallest absolute Gasteiger partial charge is 0.337 e. The molecule has 0 N–H and O–H groups in total. The molecule has 0 amide bonds. The number of hydrogen-bond donors (Lipinski definition) is 0. The summed E-state index contributed by atoms with van der Waals surface area (Å²) in [6.45, 7) is 12.8. The lowest BCUT2D eigenvalue weighted by Gasteiger charge is -2.26. The third kappa shape index (κ3) is 6.43. The van der Waals surface area contributed by atoms with Crippen LogP contribution < -0.4 is 0 Å². The van der Waals surface area contributed by atoms with Crippen LogP contribution in [-0.4, -0.2) is 21.5 Å².